The molecule has 94 valence electrons. The summed E-state index contributed by atoms with van der Waals surface area (Å²) in [7, 11) is 0. The highest BCUT2D eigenvalue weighted by molar-refractivity contribution is 5.27. The van der Waals surface area contributed by atoms with Crippen LogP contribution in [0.4, 0.5) is 5.95 Å². The largest absolute Gasteiger partial charge is 0.349 e. The van der Waals surface area contributed by atoms with Crippen molar-refractivity contribution in [3.63, 3.8) is 0 Å². The van der Waals surface area contributed by atoms with E-state index in [1.165, 1.54) is 12.8 Å². The number of piperidine rings is 1. The quantitative estimate of drug-likeness (QED) is 0.820. The van der Waals surface area contributed by atoms with E-state index in [-0.39, 0.29) is 0 Å². The number of hydrogen-bond acceptors (Lipinski definition) is 5. The molecule has 1 atom stereocenters. The molecule has 0 aromatic carbocycles. The Morgan fingerprint density at radius 3 is 2.71 bits per heavy atom. The lowest BCUT2D eigenvalue weighted by Crippen LogP contribution is -2.39. The van der Waals surface area contributed by atoms with E-state index in [1.807, 2.05) is 0 Å². The van der Waals surface area contributed by atoms with E-state index in [2.05, 4.69) is 39.7 Å². The lowest BCUT2D eigenvalue weighted by atomic mass is 10.1. The molecule has 1 aliphatic rings. The molecule has 1 unspecified atom stereocenters. The van der Waals surface area contributed by atoms with E-state index in [9.17, 15) is 0 Å². The molecule has 1 aromatic heterocycles. The molecular weight excluding hydrogens is 214 g/mol. The molecule has 0 aliphatic carbocycles. The van der Waals surface area contributed by atoms with Crippen LogP contribution in [0.1, 0.15) is 38.1 Å². The summed E-state index contributed by atoms with van der Waals surface area (Å²) in [6.45, 7) is 6.30. The molecule has 1 aromatic rings. The lowest BCUT2D eigenvalue weighted by molar-refractivity contribution is 0.477. The van der Waals surface area contributed by atoms with Gasteiger partial charge in [-0.25, -0.2) is 4.98 Å². The van der Waals surface area contributed by atoms with E-state index in [1.54, 1.807) is 0 Å². The van der Waals surface area contributed by atoms with Crippen molar-refractivity contribution in [3.05, 3.63) is 11.4 Å². The standard InChI is InChI=1S/C12H21N5/c1-3-10-11(4-2)16-17-12(15-10)14-9-6-5-7-13-8-9/h9,13H,3-8H2,1-2H3,(H,14,15,17). The zero-order chi connectivity index (χ0) is 12.1. The third-order valence-corrected chi connectivity index (χ3v) is 3.14. The summed E-state index contributed by atoms with van der Waals surface area (Å²) < 4.78 is 0. The summed E-state index contributed by atoms with van der Waals surface area (Å²) in [6.07, 6.45) is 4.19. The summed E-state index contributed by atoms with van der Waals surface area (Å²) in [6, 6.07) is 0.433. The first-order valence-electron chi connectivity index (χ1n) is 6.53. The van der Waals surface area contributed by atoms with Gasteiger partial charge >= 0.3 is 0 Å². The molecule has 0 amide bonds. The average molecular weight is 235 g/mol. The van der Waals surface area contributed by atoms with Gasteiger partial charge in [-0.05, 0) is 32.2 Å². The number of rotatable bonds is 4. The fourth-order valence-electron chi connectivity index (χ4n) is 2.16. The maximum atomic E-state index is 4.54. The Kier molecular flexibility index (Phi) is 4.25. The van der Waals surface area contributed by atoms with Crippen LogP contribution in [0.3, 0.4) is 0 Å². The Morgan fingerprint density at radius 2 is 2.06 bits per heavy atom. The van der Waals surface area contributed by atoms with E-state index in [4.69, 9.17) is 0 Å². The average Bonchev–Trinajstić information content (AvgIpc) is 2.40. The predicted molar refractivity (Wildman–Crippen MR) is 68.1 cm³/mol. The first-order chi connectivity index (χ1) is 8.33. The molecule has 1 saturated heterocycles. The summed E-state index contributed by atoms with van der Waals surface area (Å²) in [4.78, 5) is 4.54. The lowest BCUT2D eigenvalue weighted by Gasteiger charge is -2.23. The SMILES string of the molecule is CCc1nnc(NC2CCCNC2)nc1CC. The second-order valence-electron chi connectivity index (χ2n) is 4.42. The highest BCUT2D eigenvalue weighted by Gasteiger charge is 2.14. The Bertz CT molecular complexity index is 360. The van der Waals surface area contributed by atoms with E-state index >= 15 is 0 Å². The van der Waals surface area contributed by atoms with Crippen LogP contribution in [0.2, 0.25) is 0 Å². The summed E-state index contributed by atoms with van der Waals surface area (Å²) in [5.74, 6) is 0.674. The first-order valence-corrected chi connectivity index (χ1v) is 6.53. The molecule has 0 bridgehead atoms. The normalized spacial score (nSPS) is 20.2. The zero-order valence-corrected chi connectivity index (χ0v) is 10.7. The van der Waals surface area contributed by atoms with Crippen molar-refractivity contribution in [1.29, 1.82) is 0 Å². The molecule has 17 heavy (non-hydrogen) atoms. The second kappa shape index (κ2) is 5.91. The molecule has 2 heterocycles. The molecule has 5 nitrogen and oxygen atoms in total. The monoisotopic (exact) mass is 235 g/mol. The fourth-order valence-corrected chi connectivity index (χ4v) is 2.16. The summed E-state index contributed by atoms with van der Waals surface area (Å²) in [5.41, 5.74) is 2.08. The van der Waals surface area contributed by atoms with Crippen LogP contribution in [-0.2, 0) is 12.8 Å². The van der Waals surface area contributed by atoms with E-state index in [0.717, 1.165) is 37.3 Å². The number of aryl methyl sites for hydroxylation is 2. The van der Waals surface area contributed by atoms with Crippen LogP contribution in [0.5, 0.6) is 0 Å². The van der Waals surface area contributed by atoms with Gasteiger partial charge in [-0.3, -0.25) is 0 Å². The molecule has 2 N–H and O–H groups in total. The zero-order valence-electron chi connectivity index (χ0n) is 10.7. The van der Waals surface area contributed by atoms with Crippen LogP contribution < -0.4 is 10.6 Å². The Hall–Kier alpha value is -1.23. The van der Waals surface area contributed by atoms with Gasteiger partial charge < -0.3 is 10.6 Å². The Labute approximate surface area is 102 Å². The first kappa shape index (κ1) is 12.2. The summed E-state index contributed by atoms with van der Waals surface area (Å²) >= 11 is 0. The van der Waals surface area contributed by atoms with Gasteiger partial charge in [0.2, 0.25) is 5.95 Å². The number of nitrogens with one attached hydrogen (secondary N) is 2. The van der Waals surface area contributed by atoms with Gasteiger partial charge in [0.15, 0.2) is 0 Å². The minimum atomic E-state index is 0.433. The maximum absolute atomic E-state index is 4.54. The number of hydrogen-bond donors (Lipinski definition) is 2. The van der Waals surface area contributed by atoms with Gasteiger partial charge in [0.05, 0.1) is 11.4 Å². The number of anilines is 1. The van der Waals surface area contributed by atoms with Crippen molar-refractivity contribution >= 4 is 5.95 Å². The van der Waals surface area contributed by atoms with Crippen molar-refractivity contribution in [3.8, 4) is 0 Å². The minimum absolute atomic E-state index is 0.433. The second-order valence-corrected chi connectivity index (χ2v) is 4.42. The Morgan fingerprint density at radius 1 is 1.24 bits per heavy atom. The molecule has 1 fully saturated rings. The molecule has 0 spiro atoms. The van der Waals surface area contributed by atoms with Crippen molar-refractivity contribution in [2.45, 2.75) is 45.6 Å². The molecule has 0 saturated carbocycles. The topological polar surface area (TPSA) is 62.7 Å². The minimum Gasteiger partial charge on any atom is -0.349 e. The van der Waals surface area contributed by atoms with Gasteiger partial charge in [-0.1, -0.05) is 13.8 Å². The van der Waals surface area contributed by atoms with Crippen molar-refractivity contribution < 1.29 is 0 Å². The van der Waals surface area contributed by atoms with Gasteiger partial charge in [-0.2, -0.15) is 5.10 Å². The van der Waals surface area contributed by atoms with Crippen molar-refractivity contribution in [2.75, 3.05) is 18.4 Å². The van der Waals surface area contributed by atoms with E-state index in [0.29, 0.717) is 12.0 Å². The highest BCUT2D eigenvalue weighted by Crippen LogP contribution is 2.10. The number of aromatic nitrogens is 3. The molecule has 1 aliphatic heterocycles. The maximum Gasteiger partial charge on any atom is 0.243 e. The fraction of sp³-hybridized carbons (Fsp3) is 0.750. The molecule has 5 heteroatoms. The third-order valence-electron chi connectivity index (χ3n) is 3.14. The van der Waals surface area contributed by atoms with Gasteiger partial charge in [0.25, 0.3) is 0 Å². The molecule has 0 radical (unpaired) electrons. The van der Waals surface area contributed by atoms with Crippen LogP contribution in [0, 0.1) is 0 Å². The number of nitrogens with zero attached hydrogens (tertiary/aromatic N) is 3. The third kappa shape index (κ3) is 3.12. The van der Waals surface area contributed by atoms with Crippen LogP contribution in [-0.4, -0.2) is 34.3 Å². The smallest absolute Gasteiger partial charge is 0.243 e. The molecule has 2 rings (SSSR count). The molecular formula is C12H21N5. The van der Waals surface area contributed by atoms with Crippen LogP contribution in [0.25, 0.3) is 0 Å². The Balaban J connectivity index is 2.05. The van der Waals surface area contributed by atoms with E-state index < -0.39 is 0 Å². The van der Waals surface area contributed by atoms with Gasteiger partial charge in [-0.15, -0.1) is 5.10 Å². The highest BCUT2D eigenvalue weighted by atomic mass is 15.3. The van der Waals surface area contributed by atoms with Crippen LogP contribution >= 0.6 is 0 Å². The van der Waals surface area contributed by atoms with Crippen molar-refractivity contribution in [2.24, 2.45) is 0 Å². The van der Waals surface area contributed by atoms with Gasteiger partial charge in [0.1, 0.15) is 0 Å². The van der Waals surface area contributed by atoms with Crippen LogP contribution in [0.15, 0.2) is 0 Å². The predicted octanol–water partition coefficient (Wildman–Crippen LogP) is 1.16. The van der Waals surface area contributed by atoms with Crippen molar-refractivity contribution in [1.82, 2.24) is 20.5 Å². The summed E-state index contributed by atoms with van der Waals surface area (Å²) in [5, 5.41) is 15.1. The van der Waals surface area contributed by atoms with Gasteiger partial charge in [0, 0.05) is 12.6 Å².